The molecule has 17 heavy (non-hydrogen) atoms. The molecule has 1 saturated heterocycles. The minimum Gasteiger partial charge on any atom is -0.392 e. The van der Waals surface area contributed by atoms with Crippen molar-refractivity contribution in [1.29, 1.82) is 0 Å². The molecule has 0 spiro atoms. The predicted molar refractivity (Wildman–Crippen MR) is 58.5 cm³/mol. The van der Waals surface area contributed by atoms with Crippen molar-refractivity contribution in [3.63, 3.8) is 0 Å². The largest absolute Gasteiger partial charge is 0.392 e. The lowest BCUT2D eigenvalue weighted by atomic mass is 9.99. The van der Waals surface area contributed by atoms with Gasteiger partial charge in [-0.1, -0.05) is 12.1 Å². The van der Waals surface area contributed by atoms with E-state index in [1.807, 2.05) is 6.92 Å². The third kappa shape index (κ3) is 2.65. The summed E-state index contributed by atoms with van der Waals surface area (Å²) < 4.78 is 15.7. The van der Waals surface area contributed by atoms with Crippen molar-refractivity contribution in [3.05, 3.63) is 11.7 Å². The van der Waals surface area contributed by atoms with E-state index in [0.717, 1.165) is 6.42 Å². The van der Waals surface area contributed by atoms with Crippen LogP contribution in [0.3, 0.4) is 0 Å². The molecule has 0 saturated carbocycles. The maximum Gasteiger partial charge on any atom is 0.234 e. The zero-order valence-corrected chi connectivity index (χ0v) is 10.1. The molecule has 0 radical (unpaired) electrons. The first kappa shape index (κ1) is 12.5. The molecule has 6 heteroatoms. The third-order valence-electron chi connectivity index (χ3n) is 3.04. The minimum atomic E-state index is -0.473. The van der Waals surface area contributed by atoms with Gasteiger partial charge in [-0.15, -0.1) is 0 Å². The zero-order valence-electron chi connectivity index (χ0n) is 10.1. The maximum absolute atomic E-state index is 9.85. The number of methoxy groups -OCH3 is 1. The van der Waals surface area contributed by atoms with Crippen LogP contribution in [0.4, 0.5) is 0 Å². The van der Waals surface area contributed by atoms with Crippen LogP contribution < -0.4 is 0 Å². The highest BCUT2D eigenvalue weighted by atomic mass is 16.5. The molecule has 96 valence electrons. The predicted octanol–water partition coefficient (Wildman–Crippen LogP) is 1.03. The topological polar surface area (TPSA) is 77.6 Å². The van der Waals surface area contributed by atoms with Gasteiger partial charge >= 0.3 is 0 Å². The fraction of sp³-hybridized carbons (Fsp3) is 0.818. The van der Waals surface area contributed by atoms with Crippen molar-refractivity contribution >= 4 is 0 Å². The van der Waals surface area contributed by atoms with Crippen LogP contribution in [0.5, 0.6) is 0 Å². The van der Waals surface area contributed by atoms with Crippen molar-refractivity contribution in [3.8, 4) is 0 Å². The quantitative estimate of drug-likeness (QED) is 0.849. The number of rotatable bonds is 4. The van der Waals surface area contributed by atoms with Crippen LogP contribution in [0.15, 0.2) is 4.52 Å². The molecule has 1 aliphatic heterocycles. The second kappa shape index (κ2) is 5.57. The molecule has 1 N–H and O–H groups in total. The normalized spacial score (nSPS) is 27.0. The summed E-state index contributed by atoms with van der Waals surface area (Å²) in [5.74, 6) is 0.741. The minimum absolute atomic E-state index is 0.158. The van der Waals surface area contributed by atoms with Gasteiger partial charge in [-0.05, 0) is 12.8 Å². The number of aromatic nitrogens is 2. The standard InChI is InChI=1S/C11H18N2O4/c1-3-9(15-2)10-12-11(17-13-10)7-6-16-5-4-8(7)14/h7-9,14H,3-6H2,1-2H3. The average molecular weight is 242 g/mol. The Labute approximate surface area is 99.9 Å². The summed E-state index contributed by atoms with van der Waals surface area (Å²) in [5.41, 5.74) is 0. The maximum atomic E-state index is 9.85. The number of nitrogens with zero attached hydrogens (tertiary/aromatic N) is 2. The number of hydrogen-bond donors (Lipinski definition) is 1. The number of ether oxygens (including phenoxy) is 2. The van der Waals surface area contributed by atoms with Crippen molar-refractivity contribution in [1.82, 2.24) is 10.1 Å². The first-order chi connectivity index (χ1) is 8.26. The monoisotopic (exact) mass is 242 g/mol. The second-order valence-electron chi connectivity index (χ2n) is 4.16. The fourth-order valence-corrected chi connectivity index (χ4v) is 1.95. The number of aliphatic hydroxyl groups excluding tert-OH is 1. The Bertz CT molecular complexity index is 351. The van der Waals surface area contributed by atoms with Crippen LogP contribution in [0.25, 0.3) is 0 Å². The summed E-state index contributed by atoms with van der Waals surface area (Å²) in [5, 5.41) is 13.7. The van der Waals surface area contributed by atoms with Crippen molar-refractivity contribution in [2.24, 2.45) is 0 Å². The van der Waals surface area contributed by atoms with Crippen molar-refractivity contribution in [2.45, 2.75) is 37.9 Å². The molecule has 3 atom stereocenters. The van der Waals surface area contributed by atoms with Crippen LogP contribution >= 0.6 is 0 Å². The molecular weight excluding hydrogens is 224 g/mol. The lowest BCUT2D eigenvalue weighted by Gasteiger charge is -2.24. The Kier molecular flexibility index (Phi) is 4.09. The van der Waals surface area contributed by atoms with E-state index >= 15 is 0 Å². The molecule has 3 unspecified atom stereocenters. The van der Waals surface area contributed by atoms with E-state index in [1.54, 1.807) is 7.11 Å². The van der Waals surface area contributed by atoms with Crippen LogP contribution in [0.1, 0.15) is 43.5 Å². The molecule has 0 aromatic carbocycles. The molecule has 0 bridgehead atoms. The van der Waals surface area contributed by atoms with E-state index in [1.165, 1.54) is 0 Å². The summed E-state index contributed by atoms with van der Waals surface area (Å²) in [4.78, 5) is 4.28. The van der Waals surface area contributed by atoms with Crippen molar-refractivity contribution in [2.75, 3.05) is 20.3 Å². The van der Waals surface area contributed by atoms with Crippen LogP contribution in [-0.2, 0) is 9.47 Å². The van der Waals surface area contributed by atoms with E-state index in [9.17, 15) is 5.11 Å². The fourth-order valence-electron chi connectivity index (χ4n) is 1.95. The Morgan fingerprint density at radius 2 is 2.41 bits per heavy atom. The van der Waals surface area contributed by atoms with Crippen LogP contribution in [-0.4, -0.2) is 41.7 Å². The zero-order chi connectivity index (χ0) is 12.3. The molecule has 0 amide bonds. The lowest BCUT2D eigenvalue weighted by Crippen LogP contribution is -2.30. The van der Waals surface area contributed by atoms with Gasteiger partial charge in [0.2, 0.25) is 11.7 Å². The number of hydrogen-bond acceptors (Lipinski definition) is 6. The SMILES string of the molecule is CCC(OC)c1noc(C2COCCC2O)n1. The Morgan fingerprint density at radius 1 is 1.59 bits per heavy atom. The van der Waals surface area contributed by atoms with E-state index in [4.69, 9.17) is 14.0 Å². The lowest BCUT2D eigenvalue weighted by molar-refractivity contribution is -0.0149. The summed E-state index contributed by atoms with van der Waals surface area (Å²) in [6, 6.07) is 0. The molecule has 2 rings (SSSR count). The van der Waals surface area contributed by atoms with Gasteiger partial charge in [0.1, 0.15) is 6.10 Å². The highest BCUT2D eigenvalue weighted by Crippen LogP contribution is 2.26. The van der Waals surface area contributed by atoms with Crippen LogP contribution in [0.2, 0.25) is 0 Å². The van der Waals surface area contributed by atoms with E-state index in [-0.39, 0.29) is 12.0 Å². The van der Waals surface area contributed by atoms with Gasteiger partial charge in [-0.2, -0.15) is 4.98 Å². The van der Waals surface area contributed by atoms with Gasteiger partial charge in [0.05, 0.1) is 18.6 Å². The van der Waals surface area contributed by atoms with Gasteiger partial charge in [0, 0.05) is 13.7 Å². The molecule has 0 aliphatic carbocycles. The molecule has 6 nitrogen and oxygen atoms in total. The van der Waals surface area contributed by atoms with Crippen LogP contribution in [0, 0.1) is 0 Å². The first-order valence-electron chi connectivity index (χ1n) is 5.88. The molecule has 1 aromatic heterocycles. The molecule has 1 aliphatic rings. The average Bonchev–Trinajstić information content (AvgIpc) is 2.81. The van der Waals surface area contributed by atoms with Gasteiger partial charge < -0.3 is 19.1 Å². The molecule has 1 aromatic rings. The van der Waals surface area contributed by atoms with E-state index in [2.05, 4.69) is 10.1 Å². The van der Waals surface area contributed by atoms with Gasteiger partial charge in [-0.25, -0.2) is 0 Å². The highest BCUT2D eigenvalue weighted by Gasteiger charge is 2.31. The van der Waals surface area contributed by atoms with Gasteiger partial charge in [0.25, 0.3) is 0 Å². The summed E-state index contributed by atoms with van der Waals surface area (Å²) >= 11 is 0. The Hall–Kier alpha value is -0.980. The highest BCUT2D eigenvalue weighted by molar-refractivity contribution is 5.00. The Morgan fingerprint density at radius 3 is 3.06 bits per heavy atom. The third-order valence-corrected chi connectivity index (χ3v) is 3.04. The van der Waals surface area contributed by atoms with Gasteiger partial charge in [-0.3, -0.25) is 0 Å². The van der Waals surface area contributed by atoms with E-state index < -0.39 is 6.10 Å². The summed E-state index contributed by atoms with van der Waals surface area (Å²) in [7, 11) is 1.61. The summed E-state index contributed by atoms with van der Waals surface area (Å²) in [6.07, 6.45) is 0.747. The second-order valence-corrected chi connectivity index (χ2v) is 4.16. The first-order valence-corrected chi connectivity index (χ1v) is 5.88. The summed E-state index contributed by atoms with van der Waals surface area (Å²) in [6.45, 7) is 2.99. The van der Waals surface area contributed by atoms with Gasteiger partial charge in [0.15, 0.2) is 0 Å². The van der Waals surface area contributed by atoms with Crippen molar-refractivity contribution < 1.29 is 19.1 Å². The Balaban J connectivity index is 2.11. The molecule has 2 heterocycles. The smallest absolute Gasteiger partial charge is 0.234 e. The molecule has 1 fully saturated rings. The molecular formula is C11H18N2O4. The number of aliphatic hydroxyl groups is 1. The van der Waals surface area contributed by atoms with E-state index in [0.29, 0.717) is 31.3 Å².